The van der Waals surface area contributed by atoms with Crippen molar-refractivity contribution in [2.75, 3.05) is 0 Å². The Bertz CT molecular complexity index is 1200. The quantitative estimate of drug-likeness (QED) is 0.212. The Balaban J connectivity index is 2.06. The summed E-state index contributed by atoms with van der Waals surface area (Å²) in [6, 6.07) is 8.01. The molecule has 0 radical (unpaired) electrons. The van der Waals surface area contributed by atoms with Crippen LogP contribution in [0.3, 0.4) is 0 Å². The minimum absolute atomic E-state index is 0.0804. The van der Waals surface area contributed by atoms with E-state index in [4.69, 9.17) is 15.4 Å². The average molecular weight is 405 g/mol. The van der Waals surface area contributed by atoms with Gasteiger partial charge in [-0.15, -0.1) is 0 Å². The number of amidine groups is 1. The van der Waals surface area contributed by atoms with Crippen molar-refractivity contribution < 1.29 is 27.9 Å². The molecule has 0 aliphatic heterocycles. The van der Waals surface area contributed by atoms with Gasteiger partial charge in [0.2, 0.25) is 10.0 Å². The molecule has 0 amide bonds. The highest BCUT2D eigenvalue weighted by Gasteiger charge is 2.28. The lowest BCUT2D eigenvalue weighted by Gasteiger charge is -2.17. The minimum Gasteiger partial charge on any atom is -0.480 e. The Kier molecular flexibility index (Phi) is 5.01. The van der Waals surface area contributed by atoms with Crippen LogP contribution >= 0.6 is 0 Å². The molecule has 0 unspecified atom stereocenters. The van der Waals surface area contributed by atoms with Gasteiger partial charge in [-0.25, -0.2) is 8.42 Å². The predicted octanol–water partition coefficient (Wildman–Crippen LogP) is 2.07. The number of fused-ring (bicyclic) bond motifs is 3. The van der Waals surface area contributed by atoms with E-state index in [1.54, 1.807) is 38.1 Å². The van der Waals surface area contributed by atoms with Crippen molar-refractivity contribution in [1.82, 2.24) is 4.72 Å². The van der Waals surface area contributed by atoms with E-state index in [0.29, 0.717) is 22.1 Å². The van der Waals surface area contributed by atoms with Gasteiger partial charge in [0.1, 0.15) is 17.2 Å². The fourth-order valence-corrected chi connectivity index (χ4v) is 4.20. The van der Waals surface area contributed by atoms with Gasteiger partial charge >= 0.3 is 5.97 Å². The second-order valence-electron chi connectivity index (χ2n) is 6.64. The molecular formula is C18H19N3O6S. The monoisotopic (exact) mass is 405 g/mol. The van der Waals surface area contributed by atoms with Gasteiger partial charge in [0.05, 0.1) is 4.90 Å². The second-order valence-corrected chi connectivity index (χ2v) is 8.35. The maximum atomic E-state index is 12.6. The zero-order valence-corrected chi connectivity index (χ0v) is 15.9. The highest BCUT2D eigenvalue weighted by molar-refractivity contribution is 7.89. The average Bonchev–Trinajstić information content (AvgIpc) is 3.01. The smallest absolute Gasteiger partial charge is 0.322 e. The van der Waals surface area contributed by atoms with Crippen molar-refractivity contribution in [3.63, 3.8) is 0 Å². The van der Waals surface area contributed by atoms with E-state index in [0.717, 1.165) is 5.39 Å². The third-order valence-electron chi connectivity index (χ3n) is 4.37. The summed E-state index contributed by atoms with van der Waals surface area (Å²) in [5, 5.41) is 22.4. The van der Waals surface area contributed by atoms with Gasteiger partial charge in [-0.3, -0.25) is 4.79 Å². The molecule has 0 spiro atoms. The minimum atomic E-state index is -4.07. The van der Waals surface area contributed by atoms with Crippen molar-refractivity contribution in [2.24, 2.45) is 16.8 Å². The first-order valence-electron chi connectivity index (χ1n) is 8.33. The number of oxime groups is 1. The molecule has 3 aromatic rings. The maximum Gasteiger partial charge on any atom is 0.322 e. The molecule has 1 heterocycles. The fraction of sp³-hybridized carbons (Fsp3) is 0.222. The Morgan fingerprint density at radius 2 is 1.75 bits per heavy atom. The molecule has 0 fully saturated rings. The van der Waals surface area contributed by atoms with Gasteiger partial charge in [-0.05, 0) is 30.2 Å². The first-order chi connectivity index (χ1) is 13.1. The van der Waals surface area contributed by atoms with Crippen LogP contribution < -0.4 is 10.5 Å². The number of aliphatic carboxylic acids is 1. The summed E-state index contributed by atoms with van der Waals surface area (Å²) in [5.41, 5.74) is 6.78. The SMILES string of the molecule is CC(C)[C@H](NS(=O)(=O)c1ccc2c(c1)oc1cc(/C(N)=N\O)ccc12)C(=O)O. The summed E-state index contributed by atoms with van der Waals surface area (Å²) in [5.74, 6) is -1.76. The van der Waals surface area contributed by atoms with E-state index in [9.17, 15) is 18.3 Å². The first-order valence-corrected chi connectivity index (χ1v) is 9.81. The number of carbonyl (C=O) groups is 1. The van der Waals surface area contributed by atoms with Crippen LogP contribution in [0.25, 0.3) is 21.9 Å². The van der Waals surface area contributed by atoms with Crippen molar-refractivity contribution >= 4 is 43.8 Å². The molecule has 148 valence electrons. The molecule has 2 aromatic carbocycles. The van der Waals surface area contributed by atoms with Crippen molar-refractivity contribution in [3.8, 4) is 0 Å². The number of sulfonamides is 1. The van der Waals surface area contributed by atoms with Gasteiger partial charge < -0.3 is 20.5 Å². The molecule has 0 bridgehead atoms. The molecule has 10 heteroatoms. The topological polar surface area (TPSA) is 155 Å². The number of nitrogens with one attached hydrogen (secondary N) is 1. The highest BCUT2D eigenvalue weighted by atomic mass is 32.2. The number of hydrogen-bond donors (Lipinski definition) is 4. The van der Waals surface area contributed by atoms with E-state index in [-0.39, 0.29) is 10.7 Å². The molecule has 0 aliphatic rings. The molecule has 0 saturated carbocycles. The summed E-state index contributed by atoms with van der Waals surface area (Å²) in [7, 11) is -4.07. The standard InChI is InChI=1S/C18H19N3O6S/c1-9(2)16(18(22)23)21-28(25,26)11-4-6-13-12-5-3-10(17(19)20-24)7-14(12)27-15(13)8-11/h3-9,16,21,24H,1-2H3,(H2,19,20)(H,22,23)/t16-/m0/s1. The van der Waals surface area contributed by atoms with E-state index in [1.807, 2.05) is 0 Å². The number of nitrogens with zero attached hydrogens (tertiary/aromatic N) is 1. The van der Waals surface area contributed by atoms with E-state index in [1.165, 1.54) is 12.1 Å². The maximum absolute atomic E-state index is 12.6. The van der Waals surface area contributed by atoms with E-state index < -0.39 is 28.0 Å². The lowest BCUT2D eigenvalue weighted by atomic mass is 10.1. The van der Waals surface area contributed by atoms with E-state index >= 15 is 0 Å². The van der Waals surface area contributed by atoms with Crippen LogP contribution in [0.15, 0.2) is 50.9 Å². The van der Waals surface area contributed by atoms with Crippen molar-refractivity contribution in [1.29, 1.82) is 0 Å². The summed E-state index contributed by atoms with van der Waals surface area (Å²) >= 11 is 0. The first kappa shape index (κ1) is 19.6. The number of hydrogen-bond acceptors (Lipinski definition) is 6. The van der Waals surface area contributed by atoms with Crippen LogP contribution in [-0.2, 0) is 14.8 Å². The van der Waals surface area contributed by atoms with Crippen LogP contribution in [-0.4, -0.2) is 36.6 Å². The lowest BCUT2D eigenvalue weighted by molar-refractivity contribution is -0.140. The molecule has 0 saturated heterocycles. The number of nitrogens with two attached hydrogens (primary N) is 1. The van der Waals surface area contributed by atoms with Crippen LogP contribution in [0.2, 0.25) is 0 Å². The van der Waals surface area contributed by atoms with Crippen molar-refractivity contribution in [3.05, 3.63) is 42.0 Å². The molecule has 3 rings (SSSR count). The summed E-state index contributed by atoms with van der Waals surface area (Å²) < 4.78 is 33.2. The van der Waals surface area contributed by atoms with Crippen LogP contribution in [0, 0.1) is 5.92 Å². The van der Waals surface area contributed by atoms with Gasteiger partial charge in [0.15, 0.2) is 5.84 Å². The zero-order chi connectivity index (χ0) is 20.6. The van der Waals surface area contributed by atoms with Gasteiger partial charge in [0, 0.05) is 22.4 Å². The molecule has 9 nitrogen and oxygen atoms in total. The number of benzene rings is 2. The van der Waals surface area contributed by atoms with Gasteiger partial charge in [-0.2, -0.15) is 4.72 Å². The van der Waals surface area contributed by atoms with Gasteiger partial charge in [-0.1, -0.05) is 25.1 Å². The molecular weight excluding hydrogens is 386 g/mol. The number of furan rings is 1. The Hall–Kier alpha value is -3.11. The predicted molar refractivity (Wildman–Crippen MR) is 103 cm³/mol. The van der Waals surface area contributed by atoms with Crippen LogP contribution in [0.4, 0.5) is 0 Å². The fourth-order valence-electron chi connectivity index (χ4n) is 2.85. The molecule has 0 aliphatic carbocycles. The summed E-state index contributed by atoms with van der Waals surface area (Å²) in [6.07, 6.45) is 0. The molecule has 1 aromatic heterocycles. The molecule has 28 heavy (non-hydrogen) atoms. The largest absolute Gasteiger partial charge is 0.480 e. The Labute approximate surface area is 160 Å². The summed E-state index contributed by atoms with van der Waals surface area (Å²) in [4.78, 5) is 11.2. The molecule has 5 N–H and O–H groups in total. The number of carboxylic acids is 1. The van der Waals surface area contributed by atoms with Crippen LogP contribution in [0.1, 0.15) is 19.4 Å². The lowest BCUT2D eigenvalue weighted by Crippen LogP contribution is -2.44. The Morgan fingerprint density at radius 3 is 2.32 bits per heavy atom. The zero-order valence-electron chi connectivity index (χ0n) is 15.1. The van der Waals surface area contributed by atoms with Gasteiger partial charge in [0.25, 0.3) is 0 Å². The third-order valence-corrected chi connectivity index (χ3v) is 5.81. The normalized spacial score (nSPS) is 14.0. The number of carboxylic acid groups (broad SMARTS) is 1. The second kappa shape index (κ2) is 7.13. The third kappa shape index (κ3) is 3.51. The van der Waals surface area contributed by atoms with E-state index in [2.05, 4.69) is 9.88 Å². The molecule has 1 atom stereocenters. The van der Waals surface area contributed by atoms with Crippen molar-refractivity contribution in [2.45, 2.75) is 24.8 Å². The highest BCUT2D eigenvalue weighted by Crippen LogP contribution is 2.31. The van der Waals surface area contributed by atoms with Crippen LogP contribution in [0.5, 0.6) is 0 Å². The number of rotatable bonds is 6. The Morgan fingerprint density at radius 1 is 1.14 bits per heavy atom. The summed E-state index contributed by atoms with van der Waals surface area (Å²) in [6.45, 7) is 3.23.